The van der Waals surface area contributed by atoms with E-state index in [1.807, 2.05) is 20.8 Å². The van der Waals surface area contributed by atoms with E-state index in [1.54, 1.807) is 11.7 Å². The SMILES string of the molecule is COC(C)(C)C#Cc1nc(Cl)n(Cc2ccc(OC(F)(F)F)cc2)c1C. The third-order valence-corrected chi connectivity index (χ3v) is 3.95. The molecule has 1 aromatic heterocycles. The van der Waals surface area contributed by atoms with Crippen LogP contribution in [0.1, 0.15) is 30.8 Å². The summed E-state index contributed by atoms with van der Waals surface area (Å²) >= 11 is 6.18. The van der Waals surface area contributed by atoms with Crippen LogP contribution >= 0.6 is 11.6 Å². The lowest BCUT2D eigenvalue weighted by Crippen LogP contribution is -2.19. The van der Waals surface area contributed by atoms with Crippen molar-refractivity contribution in [2.24, 2.45) is 0 Å². The van der Waals surface area contributed by atoms with Gasteiger partial charge in [0.2, 0.25) is 5.28 Å². The van der Waals surface area contributed by atoms with Crippen LogP contribution in [0.3, 0.4) is 0 Å². The van der Waals surface area contributed by atoms with Crippen molar-refractivity contribution in [3.8, 4) is 17.6 Å². The Balaban J connectivity index is 2.20. The Morgan fingerprint density at radius 3 is 2.35 bits per heavy atom. The molecule has 0 fully saturated rings. The molecule has 2 aromatic rings. The summed E-state index contributed by atoms with van der Waals surface area (Å²) in [7, 11) is 1.57. The summed E-state index contributed by atoms with van der Waals surface area (Å²) in [6.45, 7) is 5.83. The van der Waals surface area contributed by atoms with E-state index in [-0.39, 0.29) is 11.0 Å². The highest BCUT2D eigenvalue weighted by molar-refractivity contribution is 6.28. The van der Waals surface area contributed by atoms with Gasteiger partial charge in [0.15, 0.2) is 0 Å². The summed E-state index contributed by atoms with van der Waals surface area (Å²) in [6, 6.07) is 5.59. The van der Waals surface area contributed by atoms with E-state index in [0.717, 1.165) is 11.3 Å². The minimum Gasteiger partial charge on any atom is -0.406 e. The standard InChI is InChI=1S/C18H18ClF3N2O2/c1-12-15(9-10-17(2,3)25-4)23-16(19)24(12)11-13-5-7-14(8-6-13)26-18(20,21)22/h5-8H,11H2,1-4H3. The molecule has 0 bridgehead atoms. The molecular weight excluding hydrogens is 369 g/mol. The fraction of sp³-hybridized carbons (Fsp3) is 0.389. The van der Waals surface area contributed by atoms with Gasteiger partial charge in [0.05, 0.1) is 12.2 Å². The summed E-state index contributed by atoms with van der Waals surface area (Å²) in [4.78, 5) is 4.24. The molecule has 1 heterocycles. The van der Waals surface area contributed by atoms with E-state index < -0.39 is 12.0 Å². The monoisotopic (exact) mass is 386 g/mol. The van der Waals surface area contributed by atoms with Crippen LogP contribution in [0, 0.1) is 18.8 Å². The van der Waals surface area contributed by atoms with Gasteiger partial charge in [-0.15, -0.1) is 13.2 Å². The Hall–Kier alpha value is -2.17. The second-order valence-corrected chi connectivity index (χ2v) is 6.40. The van der Waals surface area contributed by atoms with Crippen LogP contribution in [0.4, 0.5) is 13.2 Å². The average molecular weight is 387 g/mol. The maximum absolute atomic E-state index is 12.2. The van der Waals surface area contributed by atoms with Gasteiger partial charge < -0.3 is 14.0 Å². The number of ether oxygens (including phenoxy) is 2. The average Bonchev–Trinajstić information content (AvgIpc) is 2.81. The Bertz CT molecular complexity index is 831. The number of alkyl halides is 3. The summed E-state index contributed by atoms with van der Waals surface area (Å²) in [5, 5.41) is 0.248. The van der Waals surface area contributed by atoms with E-state index in [4.69, 9.17) is 16.3 Å². The number of hydrogen-bond acceptors (Lipinski definition) is 3. The van der Waals surface area contributed by atoms with E-state index in [0.29, 0.717) is 12.2 Å². The highest BCUT2D eigenvalue weighted by atomic mass is 35.5. The number of imidazole rings is 1. The van der Waals surface area contributed by atoms with Gasteiger partial charge in [-0.25, -0.2) is 4.98 Å². The predicted molar refractivity (Wildman–Crippen MR) is 92.2 cm³/mol. The molecule has 0 aliphatic heterocycles. The number of methoxy groups -OCH3 is 1. The summed E-state index contributed by atoms with van der Waals surface area (Å²) in [6.07, 6.45) is -4.71. The molecule has 0 aliphatic rings. The zero-order chi connectivity index (χ0) is 19.5. The van der Waals surface area contributed by atoms with Crippen LogP contribution in [-0.2, 0) is 11.3 Å². The molecule has 26 heavy (non-hydrogen) atoms. The highest BCUT2D eigenvalue weighted by Gasteiger charge is 2.30. The molecule has 1 aromatic carbocycles. The molecule has 0 unspecified atom stereocenters. The van der Waals surface area contributed by atoms with Gasteiger partial charge in [-0.3, -0.25) is 0 Å². The third kappa shape index (κ3) is 5.41. The number of halogens is 4. The van der Waals surface area contributed by atoms with Gasteiger partial charge in [-0.2, -0.15) is 0 Å². The fourth-order valence-corrected chi connectivity index (χ4v) is 2.31. The second-order valence-electron chi connectivity index (χ2n) is 6.06. The number of rotatable bonds is 4. The molecule has 0 spiro atoms. The van der Waals surface area contributed by atoms with Gasteiger partial charge in [0.25, 0.3) is 0 Å². The summed E-state index contributed by atoms with van der Waals surface area (Å²) < 4.78 is 47.4. The molecule has 0 saturated carbocycles. The molecule has 0 N–H and O–H groups in total. The smallest absolute Gasteiger partial charge is 0.406 e. The topological polar surface area (TPSA) is 36.3 Å². The first kappa shape index (κ1) is 20.1. The number of aromatic nitrogens is 2. The van der Waals surface area contributed by atoms with Gasteiger partial charge in [-0.05, 0) is 56.0 Å². The predicted octanol–water partition coefficient (Wildman–Crippen LogP) is 4.57. The van der Waals surface area contributed by atoms with Crippen molar-refractivity contribution in [3.05, 3.63) is 46.5 Å². The largest absolute Gasteiger partial charge is 0.573 e. The van der Waals surface area contributed by atoms with Crippen LogP contribution in [-0.4, -0.2) is 28.6 Å². The molecule has 4 nitrogen and oxygen atoms in total. The minimum absolute atomic E-state index is 0.248. The molecule has 0 atom stereocenters. The third-order valence-electron chi connectivity index (χ3n) is 3.66. The van der Waals surface area contributed by atoms with E-state index in [9.17, 15) is 13.2 Å². The van der Waals surface area contributed by atoms with Gasteiger partial charge in [0, 0.05) is 7.11 Å². The first-order valence-electron chi connectivity index (χ1n) is 7.66. The lowest BCUT2D eigenvalue weighted by molar-refractivity contribution is -0.274. The second kappa shape index (κ2) is 7.60. The van der Waals surface area contributed by atoms with E-state index in [2.05, 4.69) is 21.6 Å². The zero-order valence-electron chi connectivity index (χ0n) is 14.7. The molecular formula is C18H18ClF3N2O2. The van der Waals surface area contributed by atoms with Gasteiger partial charge in [0.1, 0.15) is 17.0 Å². The Morgan fingerprint density at radius 1 is 1.19 bits per heavy atom. The van der Waals surface area contributed by atoms with Crippen LogP contribution in [0.2, 0.25) is 5.28 Å². The maximum atomic E-state index is 12.2. The van der Waals surface area contributed by atoms with E-state index in [1.165, 1.54) is 24.3 Å². The van der Waals surface area contributed by atoms with Gasteiger partial charge in [-0.1, -0.05) is 18.1 Å². The van der Waals surface area contributed by atoms with Crippen LogP contribution in [0.25, 0.3) is 0 Å². The van der Waals surface area contributed by atoms with Crippen molar-refractivity contribution in [2.45, 2.75) is 39.3 Å². The Labute approximate surface area is 154 Å². The van der Waals surface area contributed by atoms with Crippen molar-refractivity contribution in [1.82, 2.24) is 9.55 Å². The maximum Gasteiger partial charge on any atom is 0.573 e. The quantitative estimate of drug-likeness (QED) is 0.722. The van der Waals surface area contributed by atoms with Crippen molar-refractivity contribution in [2.75, 3.05) is 7.11 Å². The van der Waals surface area contributed by atoms with Crippen LogP contribution < -0.4 is 4.74 Å². The first-order chi connectivity index (χ1) is 12.0. The van der Waals surface area contributed by atoms with Crippen molar-refractivity contribution < 1.29 is 22.6 Å². The van der Waals surface area contributed by atoms with Crippen molar-refractivity contribution in [3.63, 3.8) is 0 Å². The van der Waals surface area contributed by atoms with Crippen LogP contribution in [0.5, 0.6) is 5.75 Å². The van der Waals surface area contributed by atoms with E-state index >= 15 is 0 Å². The fourth-order valence-electron chi connectivity index (χ4n) is 2.04. The Morgan fingerprint density at radius 2 is 1.81 bits per heavy atom. The molecule has 0 saturated heterocycles. The number of hydrogen-bond donors (Lipinski definition) is 0. The molecule has 0 radical (unpaired) electrons. The Kier molecular flexibility index (Phi) is 5.89. The van der Waals surface area contributed by atoms with Crippen molar-refractivity contribution in [1.29, 1.82) is 0 Å². The highest BCUT2D eigenvalue weighted by Crippen LogP contribution is 2.24. The number of nitrogens with zero attached hydrogens (tertiary/aromatic N) is 2. The molecule has 0 amide bonds. The summed E-state index contributed by atoms with van der Waals surface area (Å²) in [5.74, 6) is 5.64. The van der Waals surface area contributed by atoms with Gasteiger partial charge >= 0.3 is 6.36 Å². The molecule has 0 aliphatic carbocycles. The minimum atomic E-state index is -4.71. The lowest BCUT2D eigenvalue weighted by atomic mass is 10.1. The molecule has 2 rings (SSSR count). The lowest BCUT2D eigenvalue weighted by Gasteiger charge is -2.14. The normalized spacial score (nSPS) is 11.8. The first-order valence-corrected chi connectivity index (χ1v) is 8.04. The zero-order valence-corrected chi connectivity index (χ0v) is 15.5. The van der Waals surface area contributed by atoms with Crippen molar-refractivity contribution >= 4 is 11.6 Å². The number of benzene rings is 1. The molecule has 140 valence electrons. The summed E-state index contributed by atoms with van der Waals surface area (Å²) in [5.41, 5.74) is 1.41. The molecule has 8 heteroatoms. The van der Waals surface area contributed by atoms with Crippen LogP contribution in [0.15, 0.2) is 24.3 Å².